The highest BCUT2D eigenvalue weighted by Gasteiger charge is 2.32. The van der Waals surface area contributed by atoms with Crippen molar-refractivity contribution < 1.29 is 19.2 Å². The second-order valence-corrected chi connectivity index (χ2v) is 7.33. The van der Waals surface area contributed by atoms with Crippen molar-refractivity contribution in [3.05, 3.63) is 64.2 Å². The quantitative estimate of drug-likeness (QED) is 0.378. The SMILES string of the molecule is CCOC(=O)c1ccccc1N(CC)C(=O)C1CCN(c2ccccc2[N+](=O)[O-])CC1. The molecule has 1 amide bonds. The number of piperidine rings is 1. The van der Waals surface area contributed by atoms with Crippen LogP contribution in [0.5, 0.6) is 0 Å². The molecule has 31 heavy (non-hydrogen) atoms. The number of anilines is 2. The van der Waals surface area contributed by atoms with Gasteiger partial charge in [-0.25, -0.2) is 4.79 Å². The van der Waals surface area contributed by atoms with Crippen molar-refractivity contribution in [2.75, 3.05) is 36.0 Å². The molecule has 164 valence electrons. The predicted molar refractivity (Wildman–Crippen MR) is 118 cm³/mol. The Morgan fingerprint density at radius 3 is 2.39 bits per heavy atom. The highest BCUT2D eigenvalue weighted by atomic mass is 16.6. The second-order valence-electron chi connectivity index (χ2n) is 7.33. The van der Waals surface area contributed by atoms with Crippen LogP contribution >= 0.6 is 0 Å². The minimum absolute atomic E-state index is 0.0403. The largest absolute Gasteiger partial charge is 0.462 e. The van der Waals surface area contributed by atoms with Crippen LogP contribution in [0.25, 0.3) is 0 Å². The Balaban J connectivity index is 1.75. The molecule has 1 saturated heterocycles. The van der Waals surface area contributed by atoms with Gasteiger partial charge in [-0.2, -0.15) is 0 Å². The van der Waals surface area contributed by atoms with Gasteiger partial charge in [-0.1, -0.05) is 24.3 Å². The van der Waals surface area contributed by atoms with E-state index in [-0.39, 0.29) is 29.0 Å². The van der Waals surface area contributed by atoms with E-state index >= 15 is 0 Å². The van der Waals surface area contributed by atoms with Gasteiger partial charge in [-0.3, -0.25) is 14.9 Å². The molecule has 0 N–H and O–H groups in total. The van der Waals surface area contributed by atoms with E-state index in [1.165, 1.54) is 6.07 Å². The maximum absolute atomic E-state index is 13.3. The summed E-state index contributed by atoms with van der Waals surface area (Å²) in [7, 11) is 0. The zero-order chi connectivity index (χ0) is 22.4. The van der Waals surface area contributed by atoms with E-state index in [9.17, 15) is 19.7 Å². The number of hydrogen-bond acceptors (Lipinski definition) is 6. The highest BCUT2D eigenvalue weighted by Crippen LogP contribution is 2.32. The summed E-state index contributed by atoms with van der Waals surface area (Å²) >= 11 is 0. The zero-order valence-electron chi connectivity index (χ0n) is 17.8. The number of nitrogens with zero attached hydrogens (tertiary/aromatic N) is 3. The zero-order valence-corrected chi connectivity index (χ0v) is 17.8. The summed E-state index contributed by atoms with van der Waals surface area (Å²) in [4.78, 5) is 40.2. The van der Waals surface area contributed by atoms with E-state index in [0.29, 0.717) is 49.4 Å². The average Bonchev–Trinajstić information content (AvgIpc) is 2.80. The van der Waals surface area contributed by atoms with Gasteiger partial charge in [0, 0.05) is 31.6 Å². The van der Waals surface area contributed by atoms with Crippen molar-refractivity contribution in [1.82, 2.24) is 0 Å². The van der Waals surface area contributed by atoms with Crippen LogP contribution in [0.3, 0.4) is 0 Å². The maximum atomic E-state index is 13.3. The van der Waals surface area contributed by atoms with Gasteiger partial charge in [0.1, 0.15) is 5.69 Å². The number of nitro benzene ring substituents is 1. The third kappa shape index (κ3) is 4.84. The molecule has 0 bridgehead atoms. The van der Waals surface area contributed by atoms with E-state index < -0.39 is 5.97 Å². The summed E-state index contributed by atoms with van der Waals surface area (Å²) < 4.78 is 5.14. The monoisotopic (exact) mass is 425 g/mol. The molecule has 0 atom stereocenters. The van der Waals surface area contributed by atoms with Crippen molar-refractivity contribution in [2.45, 2.75) is 26.7 Å². The van der Waals surface area contributed by atoms with Crippen molar-refractivity contribution in [3.63, 3.8) is 0 Å². The first-order chi connectivity index (χ1) is 15.0. The Labute approximate surface area is 181 Å². The molecular formula is C23H27N3O5. The maximum Gasteiger partial charge on any atom is 0.340 e. The molecule has 2 aromatic carbocycles. The normalized spacial score (nSPS) is 14.2. The summed E-state index contributed by atoms with van der Waals surface area (Å²) in [5, 5.41) is 11.3. The minimum atomic E-state index is -0.449. The number of esters is 1. The number of amides is 1. The van der Waals surface area contributed by atoms with E-state index in [2.05, 4.69) is 0 Å². The molecule has 8 nitrogen and oxygen atoms in total. The van der Waals surface area contributed by atoms with Crippen molar-refractivity contribution >= 4 is 28.9 Å². The Morgan fingerprint density at radius 2 is 1.74 bits per heavy atom. The van der Waals surface area contributed by atoms with Crippen LogP contribution in [0.15, 0.2) is 48.5 Å². The van der Waals surface area contributed by atoms with E-state index in [1.807, 2.05) is 11.8 Å². The number of para-hydroxylation sites is 3. The molecule has 0 unspecified atom stereocenters. The lowest BCUT2D eigenvalue weighted by Crippen LogP contribution is -2.43. The summed E-state index contributed by atoms with van der Waals surface area (Å²) in [6.45, 7) is 5.42. The topological polar surface area (TPSA) is 93.0 Å². The molecule has 0 aliphatic carbocycles. The van der Waals surface area contributed by atoms with Crippen LogP contribution in [-0.4, -0.2) is 43.0 Å². The third-order valence-electron chi connectivity index (χ3n) is 5.54. The molecular weight excluding hydrogens is 398 g/mol. The number of nitro groups is 1. The lowest BCUT2D eigenvalue weighted by atomic mass is 9.94. The van der Waals surface area contributed by atoms with Crippen LogP contribution in [0, 0.1) is 16.0 Å². The second kappa shape index (κ2) is 10.1. The lowest BCUT2D eigenvalue weighted by molar-refractivity contribution is -0.384. The van der Waals surface area contributed by atoms with E-state index in [4.69, 9.17) is 4.74 Å². The van der Waals surface area contributed by atoms with Crippen LogP contribution in [0.2, 0.25) is 0 Å². The Morgan fingerprint density at radius 1 is 1.10 bits per heavy atom. The van der Waals surface area contributed by atoms with Crippen LogP contribution in [-0.2, 0) is 9.53 Å². The molecule has 0 saturated carbocycles. The van der Waals surface area contributed by atoms with Gasteiger partial charge in [-0.15, -0.1) is 0 Å². The molecule has 0 radical (unpaired) electrons. The Bertz CT molecular complexity index is 954. The smallest absolute Gasteiger partial charge is 0.340 e. The number of hydrogen-bond donors (Lipinski definition) is 0. The number of rotatable bonds is 7. The standard InChI is InChI=1S/C23H27N3O5/c1-3-25(19-10-6-5-9-18(19)23(28)31-4-2)22(27)17-13-15-24(16-14-17)20-11-7-8-12-21(20)26(29)30/h5-12,17H,3-4,13-16H2,1-2H3. The summed E-state index contributed by atoms with van der Waals surface area (Å²) in [6.07, 6.45) is 1.17. The van der Waals surface area contributed by atoms with Gasteiger partial charge in [-0.05, 0) is 44.9 Å². The fourth-order valence-electron chi connectivity index (χ4n) is 4.01. The van der Waals surface area contributed by atoms with Crippen LogP contribution < -0.4 is 9.80 Å². The van der Waals surface area contributed by atoms with Crippen molar-refractivity contribution in [2.24, 2.45) is 5.92 Å². The molecule has 1 heterocycles. The van der Waals surface area contributed by atoms with Gasteiger partial charge < -0.3 is 14.5 Å². The number of benzene rings is 2. The van der Waals surface area contributed by atoms with Gasteiger partial charge in [0.05, 0.1) is 22.8 Å². The van der Waals surface area contributed by atoms with Gasteiger partial charge in [0.25, 0.3) is 5.69 Å². The summed E-state index contributed by atoms with van der Waals surface area (Å²) in [5.41, 5.74) is 1.58. The molecule has 1 aliphatic rings. The first kappa shape index (κ1) is 22.3. The number of ether oxygens (including phenoxy) is 1. The Kier molecular flexibility index (Phi) is 7.23. The fourth-order valence-corrected chi connectivity index (χ4v) is 4.01. The van der Waals surface area contributed by atoms with Gasteiger partial charge in [0.2, 0.25) is 5.91 Å². The molecule has 0 spiro atoms. The van der Waals surface area contributed by atoms with Gasteiger partial charge in [0.15, 0.2) is 0 Å². The fraction of sp³-hybridized carbons (Fsp3) is 0.391. The van der Waals surface area contributed by atoms with Crippen molar-refractivity contribution in [1.29, 1.82) is 0 Å². The van der Waals surface area contributed by atoms with Crippen LogP contribution in [0.4, 0.5) is 17.1 Å². The first-order valence-corrected chi connectivity index (χ1v) is 10.5. The molecule has 3 rings (SSSR count). The molecule has 1 aliphatic heterocycles. The first-order valence-electron chi connectivity index (χ1n) is 10.5. The lowest BCUT2D eigenvalue weighted by Gasteiger charge is -2.35. The molecule has 1 fully saturated rings. The molecule has 0 aromatic heterocycles. The predicted octanol–water partition coefficient (Wildman–Crippen LogP) is 4.04. The average molecular weight is 425 g/mol. The van der Waals surface area contributed by atoms with Crippen LogP contribution in [0.1, 0.15) is 37.0 Å². The minimum Gasteiger partial charge on any atom is -0.462 e. The number of carbonyl (C=O) groups excluding carboxylic acids is 2. The van der Waals surface area contributed by atoms with E-state index in [1.54, 1.807) is 54.3 Å². The highest BCUT2D eigenvalue weighted by molar-refractivity contribution is 6.03. The van der Waals surface area contributed by atoms with E-state index in [0.717, 1.165) is 0 Å². The number of carbonyl (C=O) groups is 2. The third-order valence-corrected chi connectivity index (χ3v) is 5.54. The summed E-state index contributed by atoms with van der Waals surface area (Å²) in [6, 6.07) is 13.6. The van der Waals surface area contributed by atoms with Gasteiger partial charge >= 0.3 is 5.97 Å². The summed E-state index contributed by atoms with van der Waals surface area (Å²) in [5.74, 6) is -0.703. The van der Waals surface area contributed by atoms with Crippen molar-refractivity contribution in [3.8, 4) is 0 Å². The Hall–Kier alpha value is -3.42. The molecule has 8 heteroatoms. The molecule has 2 aromatic rings.